The van der Waals surface area contributed by atoms with Crippen LogP contribution in [0.5, 0.6) is 5.75 Å². The second kappa shape index (κ2) is 6.38. The summed E-state index contributed by atoms with van der Waals surface area (Å²) in [5.74, 6) is -0.920. The molecule has 1 aromatic rings. The minimum Gasteiger partial charge on any atom is -0.491 e. The Morgan fingerprint density at radius 2 is 2.00 bits per heavy atom. The van der Waals surface area contributed by atoms with E-state index in [1.165, 1.54) is 6.07 Å². The molecular formula is C14H19FO3. The number of carbonyl (C=O) groups is 1. The van der Waals surface area contributed by atoms with Gasteiger partial charge in [-0.25, -0.2) is 4.39 Å². The van der Waals surface area contributed by atoms with Crippen LogP contribution in [0.1, 0.15) is 33.1 Å². The number of carboxylic acid groups (broad SMARTS) is 1. The molecule has 0 heterocycles. The molecule has 0 aliphatic heterocycles. The second-order valence-electron chi connectivity index (χ2n) is 4.93. The Labute approximate surface area is 107 Å². The molecule has 1 N–H and O–H groups in total. The van der Waals surface area contributed by atoms with E-state index >= 15 is 0 Å². The van der Waals surface area contributed by atoms with Crippen molar-refractivity contribution in [1.82, 2.24) is 0 Å². The van der Waals surface area contributed by atoms with Gasteiger partial charge in [-0.3, -0.25) is 4.79 Å². The molecule has 0 amide bonds. The molecular weight excluding hydrogens is 235 g/mol. The first-order valence-corrected chi connectivity index (χ1v) is 6.04. The van der Waals surface area contributed by atoms with E-state index in [1.54, 1.807) is 32.0 Å². The molecule has 0 spiro atoms. The van der Waals surface area contributed by atoms with Gasteiger partial charge in [0, 0.05) is 0 Å². The SMILES string of the molecule is CC(C)(CCCCOc1ccccc1F)C(=O)O. The van der Waals surface area contributed by atoms with E-state index < -0.39 is 11.4 Å². The largest absolute Gasteiger partial charge is 0.491 e. The summed E-state index contributed by atoms with van der Waals surface area (Å²) in [6.07, 6.45) is 2.04. The van der Waals surface area contributed by atoms with Gasteiger partial charge in [-0.05, 0) is 45.2 Å². The van der Waals surface area contributed by atoms with Gasteiger partial charge in [0.05, 0.1) is 12.0 Å². The summed E-state index contributed by atoms with van der Waals surface area (Å²) < 4.78 is 18.5. The highest BCUT2D eigenvalue weighted by Gasteiger charge is 2.25. The molecule has 0 aliphatic rings. The number of halogens is 1. The quantitative estimate of drug-likeness (QED) is 0.758. The van der Waals surface area contributed by atoms with Crippen molar-refractivity contribution in [3.63, 3.8) is 0 Å². The van der Waals surface area contributed by atoms with Crippen LogP contribution in [0.2, 0.25) is 0 Å². The molecule has 0 aliphatic carbocycles. The second-order valence-corrected chi connectivity index (χ2v) is 4.93. The van der Waals surface area contributed by atoms with Crippen LogP contribution in [-0.2, 0) is 4.79 Å². The highest BCUT2D eigenvalue weighted by Crippen LogP contribution is 2.23. The lowest BCUT2D eigenvalue weighted by atomic mass is 9.87. The molecule has 100 valence electrons. The molecule has 18 heavy (non-hydrogen) atoms. The van der Waals surface area contributed by atoms with Crippen LogP contribution < -0.4 is 4.74 Å². The van der Waals surface area contributed by atoms with E-state index in [-0.39, 0.29) is 11.6 Å². The van der Waals surface area contributed by atoms with Crippen LogP contribution in [0.15, 0.2) is 24.3 Å². The fourth-order valence-corrected chi connectivity index (χ4v) is 1.52. The fourth-order valence-electron chi connectivity index (χ4n) is 1.52. The molecule has 0 fully saturated rings. The number of unbranched alkanes of at least 4 members (excludes halogenated alkanes) is 1. The number of aliphatic carboxylic acids is 1. The molecule has 4 heteroatoms. The van der Waals surface area contributed by atoms with Crippen molar-refractivity contribution in [2.45, 2.75) is 33.1 Å². The van der Waals surface area contributed by atoms with Crippen molar-refractivity contribution in [2.75, 3.05) is 6.61 Å². The van der Waals surface area contributed by atoms with E-state index in [2.05, 4.69) is 0 Å². The van der Waals surface area contributed by atoms with E-state index in [4.69, 9.17) is 9.84 Å². The smallest absolute Gasteiger partial charge is 0.309 e. The number of hydrogen-bond donors (Lipinski definition) is 1. The Balaban J connectivity index is 2.24. The van der Waals surface area contributed by atoms with Crippen LogP contribution >= 0.6 is 0 Å². The third-order valence-electron chi connectivity index (χ3n) is 2.87. The van der Waals surface area contributed by atoms with Crippen LogP contribution in [0.3, 0.4) is 0 Å². The molecule has 0 saturated heterocycles. The van der Waals surface area contributed by atoms with Crippen LogP contribution in [0.4, 0.5) is 4.39 Å². The van der Waals surface area contributed by atoms with E-state index in [0.29, 0.717) is 19.4 Å². The highest BCUT2D eigenvalue weighted by atomic mass is 19.1. The van der Waals surface area contributed by atoms with Crippen LogP contribution in [-0.4, -0.2) is 17.7 Å². The predicted molar refractivity (Wildman–Crippen MR) is 67.2 cm³/mol. The summed E-state index contributed by atoms with van der Waals surface area (Å²) in [7, 11) is 0. The van der Waals surface area contributed by atoms with Crippen molar-refractivity contribution < 1.29 is 19.0 Å². The third kappa shape index (κ3) is 4.35. The number of para-hydroxylation sites is 1. The normalized spacial score (nSPS) is 11.3. The van der Waals surface area contributed by atoms with Gasteiger partial charge in [0.1, 0.15) is 0 Å². The number of ether oxygens (including phenoxy) is 1. The summed E-state index contributed by atoms with van der Waals surface area (Å²) in [5.41, 5.74) is -0.710. The molecule has 1 aromatic carbocycles. The third-order valence-corrected chi connectivity index (χ3v) is 2.87. The summed E-state index contributed by atoms with van der Waals surface area (Å²) >= 11 is 0. The number of rotatable bonds is 7. The fraction of sp³-hybridized carbons (Fsp3) is 0.500. The summed E-state index contributed by atoms with van der Waals surface area (Å²) in [4.78, 5) is 10.9. The van der Waals surface area contributed by atoms with E-state index in [0.717, 1.165) is 6.42 Å². The van der Waals surface area contributed by atoms with Crippen molar-refractivity contribution in [1.29, 1.82) is 0 Å². The minimum atomic E-state index is -0.794. The van der Waals surface area contributed by atoms with Gasteiger partial charge in [0.25, 0.3) is 0 Å². The first-order valence-electron chi connectivity index (χ1n) is 6.04. The number of hydrogen-bond acceptors (Lipinski definition) is 2. The van der Waals surface area contributed by atoms with Gasteiger partial charge in [-0.2, -0.15) is 0 Å². The molecule has 0 bridgehead atoms. The first kappa shape index (κ1) is 14.5. The highest BCUT2D eigenvalue weighted by molar-refractivity contribution is 5.73. The Morgan fingerprint density at radius 1 is 1.33 bits per heavy atom. The molecule has 0 atom stereocenters. The predicted octanol–water partition coefficient (Wildman–Crippen LogP) is 3.49. The lowest BCUT2D eigenvalue weighted by Crippen LogP contribution is -2.23. The zero-order valence-corrected chi connectivity index (χ0v) is 10.8. The van der Waals surface area contributed by atoms with Crippen molar-refractivity contribution >= 4 is 5.97 Å². The zero-order valence-electron chi connectivity index (χ0n) is 10.8. The topological polar surface area (TPSA) is 46.5 Å². The van der Waals surface area contributed by atoms with Crippen LogP contribution in [0, 0.1) is 11.2 Å². The van der Waals surface area contributed by atoms with Gasteiger partial charge in [-0.1, -0.05) is 12.1 Å². The first-order chi connectivity index (χ1) is 8.43. The van der Waals surface area contributed by atoms with Crippen LogP contribution in [0.25, 0.3) is 0 Å². The monoisotopic (exact) mass is 254 g/mol. The molecule has 0 aromatic heterocycles. The van der Waals surface area contributed by atoms with Crippen molar-refractivity contribution in [3.05, 3.63) is 30.1 Å². The maximum Gasteiger partial charge on any atom is 0.309 e. The standard InChI is InChI=1S/C14H19FO3/c1-14(2,13(16)17)9-5-6-10-18-12-8-4-3-7-11(12)15/h3-4,7-8H,5-6,9-10H2,1-2H3,(H,16,17). The zero-order chi connectivity index (χ0) is 13.6. The molecule has 0 saturated carbocycles. The number of carboxylic acids is 1. The molecule has 0 unspecified atom stereocenters. The Morgan fingerprint density at radius 3 is 2.61 bits per heavy atom. The Bertz CT molecular complexity index is 402. The van der Waals surface area contributed by atoms with Crippen molar-refractivity contribution in [3.8, 4) is 5.75 Å². The van der Waals surface area contributed by atoms with Gasteiger partial charge in [0.15, 0.2) is 11.6 Å². The average molecular weight is 254 g/mol. The number of benzene rings is 1. The average Bonchev–Trinajstić information content (AvgIpc) is 2.30. The maximum atomic E-state index is 13.2. The van der Waals surface area contributed by atoms with E-state index in [1.807, 2.05) is 0 Å². The maximum absolute atomic E-state index is 13.2. The Hall–Kier alpha value is -1.58. The molecule has 1 rings (SSSR count). The summed E-state index contributed by atoms with van der Waals surface area (Å²) in [6, 6.07) is 6.25. The minimum absolute atomic E-state index is 0.245. The summed E-state index contributed by atoms with van der Waals surface area (Å²) in [6.45, 7) is 3.80. The summed E-state index contributed by atoms with van der Waals surface area (Å²) in [5, 5.41) is 8.93. The van der Waals surface area contributed by atoms with Gasteiger partial charge < -0.3 is 9.84 Å². The van der Waals surface area contributed by atoms with Crippen molar-refractivity contribution in [2.24, 2.45) is 5.41 Å². The van der Waals surface area contributed by atoms with Gasteiger partial charge in [-0.15, -0.1) is 0 Å². The Kier molecular flexibility index (Phi) is 5.13. The lowest BCUT2D eigenvalue weighted by Gasteiger charge is -2.18. The van der Waals surface area contributed by atoms with Gasteiger partial charge in [0.2, 0.25) is 0 Å². The molecule has 3 nitrogen and oxygen atoms in total. The lowest BCUT2D eigenvalue weighted by molar-refractivity contribution is -0.147. The van der Waals surface area contributed by atoms with Gasteiger partial charge >= 0.3 is 5.97 Å². The molecule has 0 radical (unpaired) electrons. The van der Waals surface area contributed by atoms with E-state index in [9.17, 15) is 9.18 Å².